The Bertz CT molecular complexity index is 629. The molecule has 0 radical (unpaired) electrons. The van der Waals surface area contributed by atoms with Crippen LogP contribution in [-0.2, 0) is 16.0 Å². The van der Waals surface area contributed by atoms with Crippen LogP contribution in [0.2, 0.25) is 0 Å². The van der Waals surface area contributed by atoms with Crippen LogP contribution >= 0.6 is 0 Å². The Balaban J connectivity index is 2.48. The van der Waals surface area contributed by atoms with Crippen molar-refractivity contribution in [2.24, 2.45) is 4.99 Å². The van der Waals surface area contributed by atoms with Crippen LogP contribution in [-0.4, -0.2) is 63.1 Å². The molecule has 7 nitrogen and oxygen atoms in total. The van der Waals surface area contributed by atoms with Crippen LogP contribution in [0.5, 0.6) is 0 Å². The molecule has 0 aliphatic heterocycles. The van der Waals surface area contributed by atoms with Gasteiger partial charge in [0.05, 0.1) is 6.61 Å². The van der Waals surface area contributed by atoms with Crippen molar-refractivity contribution in [3.05, 3.63) is 35.4 Å². The molecule has 1 aromatic rings. The molecule has 2 N–H and O–H groups in total. The summed E-state index contributed by atoms with van der Waals surface area (Å²) in [5, 5.41) is 6.47. The lowest BCUT2D eigenvalue weighted by Crippen LogP contribution is -2.38. The molecule has 1 rings (SSSR count). The number of esters is 1. The van der Waals surface area contributed by atoms with Gasteiger partial charge in [-0.1, -0.05) is 12.1 Å². The fraction of sp³-hybridized carbons (Fsp3) is 0.550. The molecular weight excluding hydrogens is 344 g/mol. The number of nitrogens with one attached hydrogen (secondary N) is 2. The van der Waals surface area contributed by atoms with E-state index in [1.54, 1.807) is 25.9 Å². The summed E-state index contributed by atoms with van der Waals surface area (Å²) in [5.74, 6) is 0.543. The van der Waals surface area contributed by atoms with Gasteiger partial charge < -0.3 is 20.3 Å². The topological polar surface area (TPSA) is 83.0 Å². The van der Waals surface area contributed by atoms with Gasteiger partial charge in [0.25, 0.3) is 5.91 Å². The molecule has 150 valence electrons. The lowest BCUT2D eigenvalue weighted by Gasteiger charge is -2.13. The van der Waals surface area contributed by atoms with Gasteiger partial charge in [-0.15, -0.1) is 0 Å². The Morgan fingerprint density at radius 1 is 1.19 bits per heavy atom. The number of hydrogen-bond donors (Lipinski definition) is 2. The molecule has 27 heavy (non-hydrogen) atoms. The Labute approximate surface area is 162 Å². The van der Waals surface area contributed by atoms with Crippen LogP contribution in [0.4, 0.5) is 0 Å². The van der Waals surface area contributed by atoms with Crippen molar-refractivity contribution in [3.8, 4) is 0 Å². The van der Waals surface area contributed by atoms with Gasteiger partial charge >= 0.3 is 5.97 Å². The smallest absolute Gasteiger partial charge is 0.305 e. The average Bonchev–Trinajstić information content (AvgIpc) is 2.65. The first-order valence-corrected chi connectivity index (χ1v) is 9.46. The second kappa shape index (κ2) is 12.7. The van der Waals surface area contributed by atoms with Crippen LogP contribution in [0, 0.1) is 0 Å². The molecule has 0 aliphatic rings. The van der Waals surface area contributed by atoms with Crippen molar-refractivity contribution in [2.45, 2.75) is 33.1 Å². The predicted octanol–water partition coefficient (Wildman–Crippen LogP) is 1.83. The molecule has 0 saturated heterocycles. The first-order valence-electron chi connectivity index (χ1n) is 9.46. The summed E-state index contributed by atoms with van der Waals surface area (Å²) < 4.78 is 4.91. The highest BCUT2D eigenvalue weighted by molar-refractivity contribution is 5.94. The number of aliphatic imine (C=N–C) groups is 1. The number of ether oxygens (including phenoxy) is 1. The van der Waals surface area contributed by atoms with E-state index in [4.69, 9.17) is 4.74 Å². The largest absolute Gasteiger partial charge is 0.466 e. The van der Waals surface area contributed by atoms with Crippen LogP contribution in [0.1, 0.15) is 42.6 Å². The van der Waals surface area contributed by atoms with Gasteiger partial charge in [-0.2, -0.15) is 0 Å². The zero-order chi connectivity index (χ0) is 20.1. The number of carbonyl (C=O) groups is 2. The van der Waals surface area contributed by atoms with E-state index in [-0.39, 0.29) is 11.9 Å². The van der Waals surface area contributed by atoms with Gasteiger partial charge in [-0.25, -0.2) is 0 Å². The number of guanidine groups is 1. The van der Waals surface area contributed by atoms with E-state index < -0.39 is 0 Å². The summed E-state index contributed by atoms with van der Waals surface area (Å²) in [6.07, 6.45) is 1.81. The number of hydrogen-bond acceptors (Lipinski definition) is 4. The normalized spacial score (nSPS) is 11.0. The molecular formula is C20H32N4O3. The quantitative estimate of drug-likeness (QED) is 0.282. The minimum absolute atomic E-state index is 0.00121. The monoisotopic (exact) mass is 376 g/mol. The SMILES string of the molecule is CCNC(=NCCCC(=O)OCC)NCCc1cccc(C(=O)N(C)C)c1. The molecule has 0 saturated carbocycles. The maximum absolute atomic E-state index is 12.0. The highest BCUT2D eigenvalue weighted by Crippen LogP contribution is 2.07. The zero-order valence-corrected chi connectivity index (χ0v) is 16.9. The number of rotatable bonds is 10. The van der Waals surface area contributed by atoms with E-state index in [0.717, 1.165) is 24.5 Å². The van der Waals surface area contributed by atoms with E-state index in [9.17, 15) is 9.59 Å². The zero-order valence-electron chi connectivity index (χ0n) is 16.9. The molecule has 1 amide bonds. The Kier molecular flexibility index (Phi) is 10.6. The fourth-order valence-corrected chi connectivity index (χ4v) is 2.43. The lowest BCUT2D eigenvalue weighted by molar-refractivity contribution is -0.143. The third-order valence-electron chi connectivity index (χ3n) is 3.74. The van der Waals surface area contributed by atoms with Crippen LogP contribution in [0.3, 0.4) is 0 Å². The van der Waals surface area contributed by atoms with E-state index in [2.05, 4.69) is 15.6 Å². The molecule has 0 atom stereocenters. The maximum Gasteiger partial charge on any atom is 0.305 e. The minimum atomic E-state index is -0.183. The standard InChI is InChI=1S/C20H32N4O3/c1-5-21-20(22-13-8-11-18(25)27-6-2)23-14-12-16-9-7-10-17(15-16)19(26)24(3)4/h7,9-10,15H,5-6,8,11-14H2,1-4H3,(H2,21,22,23). The molecule has 0 heterocycles. The maximum atomic E-state index is 12.0. The first-order chi connectivity index (χ1) is 13.0. The van der Waals surface area contributed by atoms with Crippen molar-refractivity contribution in [1.82, 2.24) is 15.5 Å². The molecule has 0 unspecified atom stereocenters. The summed E-state index contributed by atoms with van der Waals surface area (Å²) in [6.45, 7) is 6.23. The Hall–Kier alpha value is -2.57. The highest BCUT2D eigenvalue weighted by Gasteiger charge is 2.08. The predicted molar refractivity (Wildman–Crippen MR) is 108 cm³/mol. The van der Waals surface area contributed by atoms with Gasteiger partial charge in [-0.3, -0.25) is 14.6 Å². The van der Waals surface area contributed by atoms with Crippen molar-refractivity contribution in [1.29, 1.82) is 0 Å². The molecule has 0 aromatic heterocycles. The summed E-state index contributed by atoms with van der Waals surface area (Å²) in [6, 6.07) is 7.67. The van der Waals surface area contributed by atoms with Crippen LogP contribution in [0.15, 0.2) is 29.3 Å². The molecule has 0 spiro atoms. The van der Waals surface area contributed by atoms with Crippen molar-refractivity contribution >= 4 is 17.8 Å². The second-order valence-electron chi connectivity index (χ2n) is 6.25. The number of carbonyl (C=O) groups excluding carboxylic acids is 2. The van der Waals surface area contributed by atoms with Gasteiger partial charge in [0.1, 0.15) is 0 Å². The summed E-state index contributed by atoms with van der Waals surface area (Å²) >= 11 is 0. The number of benzene rings is 1. The van der Waals surface area contributed by atoms with Crippen LogP contribution in [0.25, 0.3) is 0 Å². The Morgan fingerprint density at radius 3 is 2.63 bits per heavy atom. The van der Waals surface area contributed by atoms with Crippen molar-refractivity contribution < 1.29 is 14.3 Å². The molecule has 0 fully saturated rings. The molecule has 1 aromatic carbocycles. The molecule has 0 aliphatic carbocycles. The third-order valence-corrected chi connectivity index (χ3v) is 3.74. The number of nitrogens with zero attached hydrogens (tertiary/aromatic N) is 2. The fourth-order valence-electron chi connectivity index (χ4n) is 2.43. The van der Waals surface area contributed by atoms with E-state index in [1.807, 2.05) is 31.2 Å². The second-order valence-corrected chi connectivity index (χ2v) is 6.25. The van der Waals surface area contributed by atoms with Crippen molar-refractivity contribution in [3.63, 3.8) is 0 Å². The van der Waals surface area contributed by atoms with E-state index in [1.165, 1.54) is 0 Å². The number of amides is 1. The molecule has 7 heteroatoms. The van der Waals surface area contributed by atoms with Crippen LogP contribution < -0.4 is 10.6 Å². The average molecular weight is 377 g/mol. The third kappa shape index (κ3) is 9.08. The minimum Gasteiger partial charge on any atom is -0.466 e. The van der Waals surface area contributed by atoms with Gasteiger partial charge in [0.15, 0.2) is 5.96 Å². The van der Waals surface area contributed by atoms with E-state index >= 15 is 0 Å². The lowest BCUT2D eigenvalue weighted by atomic mass is 10.1. The Morgan fingerprint density at radius 2 is 1.96 bits per heavy atom. The van der Waals surface area contributed by atoms with Gasteiger partial charge in [-0.05, 0) is 44.4 Å². The summed E-state index contributed by atoms with van der Waals surface area (Å²) in [7, 11) is 3.50. The summed E-state index contributed by atoms with van der Waals surface area (Å²) in [4.78, 5) is 29.4. The van der Waals surface area contributed by atoms with Crippen molar-refractivity contribution in [2.75, 3.05) is 40.3 Å². The van der Waals surface area contributed by atoms with Gasteiger partial charge in [0.2, 0.25) is 0 Å². The highest BCUT2D eigenvalue weighted by atomic mass is 16.5. The van der Waals surface area contributed by atoms with Gasteiger partial charge in [0, 0.05) is 45.7 Å². The first kappa shape index (κ1) is 22.5. The van der Waals surface area contributed by atoms with E-state index in [0.29, 0.717) is 38.1 Å². The summed E-state index contributed by atoms with van der Waals surface area (Å²) in [5.41, 5.74) is 1.78. The molecule has 0 bridgehead atoms.